The number of hydrogen-bond donors (Lipinski definition) is 0. The zero-order valence-electron chi connectivity index (χ0n) is 17.1. The van der Waals surface area contributed by atoms with Crippen LogP contribution in [0.2, 0.25) is 0 Å². The van der Waals surface area contributed by atoms with E-state index < -0.39 is 11.6 Å². The molecule has 0 N–H and O–H groups in total. The summed E-state index contributed by atoms with van der Waals surface area (Å²) in [4.78, 5) is 42.5. The zero-order chi connectivity index (χ0) is 21.3. The van der Waals surface area contributed by atoms with Crippen LogP contribution in [-0.2, 0) is 9.59 Å². The molecular formula is C23H25IN2O3. The lowest BCUT2D eigenvalue weighted by atomic mass is 9.94. The third-order valence-corrected chi connectivity index (χ3v) is 6.35. The lowest BCUT2D eigenvalue weighted by molar-refractivity contribution is -0.123. The highest BCUT2D eigenvalue weighted by Crippen LogP contribution is 2.33. The second-order valence-corrected chi connectivity index (χ2v) is 9.17. The Morgan fingerprint density at radius 1 is 1.14 bits per heavy atom. The molecule has 3 rings (SSSR count). The molecule has 2 aromatic carbocycles. The summed E-state index contributed by atoms with van der Waals surface area (Å²) in [5.74, 6) is -0.846. The number of amides is 3. The van der Waals surface area contributed by atoms with Crippen LogP contribution >= 0.6 is 22.6 Å². The van der Waals surface area contributed by atoms with Gasteiger partial charge in [-0.25, -0.2) is 4.90 Å². The van der Waals surface area contributed by atoms with Crippen LogP contribution < -0.4 is 4.90 Å². The fraction of sp³-hybridized carbons (Fsp3) is 0.348. The number of benzene rings is 2. The van der Waals surface area contributed by atoms with Crippen molar-refractivity contribution < 1.29 is 14.4 Å². The third-order valence-electron chi connectivity index (χ3n) is 5.63. The molecule has 3 amide bonds. The third kappa shape index (κ3) is 4.08. The number of imide groups is 1. The number of hydrogen-bond acceptors (Lipinski definition) is 3. The van der Waals surface area contributed by atoms with Crippen LogP contribution in [0.15, 0.2) is 48.5 Å². The van der Waals surface area contributed by atoms with Crippen LogP contribution in [0.5, 0.6) is 0 Å². The van der Waals surface area contributed by atoms with Gasteiger partial charge in [0.2, 0.25) is 5.91 Å². The highest BCUT2D eigenvalue weighted by molar-refractivity contribution is 14.1. The number of carbonyl (C=O) groups is 3. The van der Waals surface area contributed by atoms with Crippen LogP contribution in [-0.4, -0.2) is 34.2 Å². The Labute approximate surface area is 185 Å². The van der Waals surface area contributed by atoms with Gasteiger partial charge in [0.1, 0.15) is 6.04 Å². The van der Waals surface area contributed by atoms with Gasteiger partial charge in [-0.2, -0.15) is 0 Å². The predicted molar refractivity (Wildman–Crippen MR) is 122 cm³/mol. The number of rotatable bonds is 5. The van der Waals surface area contributed by atoms with Gasteiger partial charge in [0.05, 0.1) is 12.1 Å². The van der Waals surface area contributed by atoms with Gasteiger partial charge in [0.25, 0.3) is 11.8 Å². The largest absolute Gasteiger partial charge is 0.321 e. The fourth-order valence-electron chi connectivity index (χ4n) is 3.63. The first kappa shape index (κ1) is 21.5. The average Bonchev–Trinajstić information content (AvgIpc) is 2.96. The molecule has 0 saturated carbocycles. The highest BCUT2D eigenvalue weighted by Gasteiger charge is 2.48. The molecule has 0 aliphatic carbocycles. The van der Waals surface area contributed by atoms with E-state index in [1.807, 2.05) is 58.0 Å². The maximum Gasteiger partial charge on any atom is 0.257 e. The SMILES string of the molecule is CCC(C)(C)N(C(=O)c1ccccc1C)C1CC(=O)N(c2ccc(I)cc2)C1=O. The van der Waals surface area contributed by atoms with Gasteiger partial charge >= 0.3 is 0 Å². The summed E-state index contributed by atoms with van der Waals surface area (Å²) < 4.78 is 1.02. The van der Waals surface area contributed by atoms with E-state index in [1.54, 1.807) is 23.1 Å². The molecular weight excluding hydrogens is 479 g/mol. The Balaban J connectivity index is 2.02. The van der Waals surface area contributed by atoms with Crippen molar-refractivity contribution in [2.45, 2.75) is 52.1 Å². The van der Waals surface area contributed by atoms with Crippen LogP contribution in [0.4, 0.5) is 5.69 Å². The molecule has 1 aliphatic heterocycles. The van der Waals surface area contributed by atoms with Crippen molar-refractivity contribution in [1.29, 1.82) is 0 Å². The van der Waals surface area contributed by atoms with E-state index in [2.05, 4.69) is 22.6 Å². The van der Waals surface area contributed by atoms with Gasteiger partial charge in [-0.3, -0.25) is 14.4 Å². The van der Waals surface area contributed by atoms with Gasteiger partial charge in [-0.05, 0) is 85.7 Å². The molecule has 0 aromatic heterocycles. The van der Waals surface area contributed by atoms with Crippen LogP contribution in [0.1, 0.15) is 49.5 Å². The first-order chi connectivity index (χ1) is 13.7. The smallest absolute Gasteiger partial charge is 0.257 e. The van der Waals surface area contributed by atoms with Crippen molar-refractivity contribution in [3.8, 4) is 0 Å². The van der Waals surface area contributed by atoms with Gasteiger partial charge in [0, 0.05) is 14.7 Å². The summed E-state index contributed by atoms with van der Waals surface area (Å²) >= 11 is 2.18. The molecule has 0 spiro atoms. The Morgan fingerprint density at radius 3 is 2.34 bits per heavy atom. The molecule has 5 nitrogen and oxygen atoms in total. The fourth-order valence-corrected chi connectivity index (χ4v) is 3.99. The van der Waals surface area contributed by atoms with Crippen molar-refractivity contribution in [2.24, 2.45) is 0 Å². The van der Waals surface area contributed by atoms with Crippen molar-refractivity contribution in [2.75, 3.05) is 4.90 Å². The highest BCUT2D eigenvalue weighted by atomic mass is 127. The molecule has 0 bridgehead atoms. The van der Waals surface area contributed by atoms with Crippen molar-refractivity contribution in [3.05, 3.63) is 63.2 Å². The van der Waals surface area contributed by atoms with E-state index >= 15 is 0 Å². The molecule has 1 atom stereocenters. The second kappa shape index (κ2) is 8.26. The number of nitrogens with zero attached hydrogens (tertiary/aromatic N) is 2. The standard InChI is InChI=1S/C23H25IN2O3/c1-5-23(3,4)26(21(28)18-9-7-6-8-15(18)2)19-14-20(27)25(22(19)29)17-12-10-16(24)11-13-17/h6-13,19H,5,14H2,1-4H3. The molecule has 0 radical (unpaired) electrons. The minimum absolute atomic E-state index is 0.00806. The first-order valence-corrected chi connectivity index (χ1v) is 10.8. The van der Waals surface area contributed by atoms with Crippen LogP contribution in [0.3, 0.4) is 0 Å². The summed E-state index contributed by atoms with van der Waals surface area (Å²) in [6.45, 7) is 7.74. The van der Waals surface area contributed by atoms with Gasteiger partial charge in [-0.15, -0.1) is 0 Å². The van der Waals surface area contributed by atoms with Gasteiger partial charge in [-0.1, -0.05) is 25.1 Å². The molecule has 152 valence electrons. The molecule has 1 saturated heterocycles. The Kier molecular flexibility index (Phi) is 6.12. The second-order valence-electron chi connectivity index (χ2n) is 7.92. The predicted octanol–water partition coefficient (Wildman–Crippen LogP) is 4.56. The van der Waals surface area contributed by atoms with E-state index in [0.29, 0.717) is 17.7 Å². The topological polar surface area (TPSA) is 57.7 Å². The van der Waals surface area contributed by atoms with Crippen LogP contribution in [0.25, 0.3) is 0 Å². The Hall–Kier alpha value is -2.22. The monoisotopic (exact) mass is 504 g/mol. The van der Waals surface area contributed by atoms with E-state index in [1.165, 1.54) is 4.90 Å². The minimum Gasteiger partial charge on any atom is -0.321 e. The summed E-state index contributed by atoms with van der Waals surface area (Å²) in [6.07, 6.45) is 0.651. The summed E-state index contributed by atoms with van der Waals surface area (Å²) in [6, 6.07) is 13.8. The molecule has 2 aromatic rings. The van der Waals surface area contributed by atoms with Crippen LogP contribution in [0, 0.1) is 10.5 Å². The van der Waals surface area contributed by atoms with Crippen molar-refractivity contribution >= 4 is 46.0 Å². The molecule has 1 heterocycles. The van der Waals surface area contributed by atoms with Gasteiger partial charge in [0.15, 0.2) is 0 Å². The molecule has 1 unspecified atom stereocenters. The maximum atomic E-state index is 13.5. The maximum absolute atomic E-state index is 13.5. The number of aryl methyl sites for hydroxylation is 1. The lowest BCUT2D eigenvalue weighted by Crippen LogP contribution is -2.55. The van der Waals surface area contributed by atoms with Crippen molar-refractivity contribution in [3.63, 3.8) is 0 Å². The molecule has 1 aliphatic rings. The minimum atomic E-state index is -0.816. The first-order valence-electron chi connectivity index (χ1n) is 9.69. The normalized spacial score (nSPS) is 17.0. The number of carbonyl (C=O) groups excluding carboxylic acids is 3. The van der Waals surface area contributed by atoms with E-state index in [9.17, 15) is 14.4 Å². The van der Waals surface area contributed by atoms with E-state index in [0.717, 1.165) is 9.13 Å². The number of anilines is 1. The Bertz CT molecular complexity index is 953. The quantitative estimate of drug-likeness (QED) is 0.443. The summed E-state index contributed by atoms with van der Waals surface area (Å²) in [5.41, 5.74) is 1.37. The van der Waals surface area contributed by atoms with E-state index in [4.69, 9.17) is 0 Å². The average molecular weight is 504 g/mol. The Morgan fingerprint density at radius 2 is 1.76 bits per heavy atom. The van der Waals surface area contributed by atoms with E-state index in [-0.39, 0.29) is 24.1 Å². The summed E-state index contributed by atoms with van der Waals surface area (Å²) in [7, 11) is 0. The lowest BCUT2D eigenvalue weighted by Gasteiger charge is -2.41. The summed E-state index contributed by atoms with van der Waals surface area (Å²) in [5, 5.41) is 0. The van der Waals surface area contributed by atoms with Gasteiger partial charge < -0.3 is 4.90 Å². The molecule has 29 heavy (non-hydrogen) atoms. The zero-order valence-corrected chi connectivity index (χ0v) is 19.3. The van der Waals surface area contributed by atoms with Crippen molar-refractivity contribution in [1.82, 2.24) is 4.90 Å². The molecule has 1 fully saturated rings. The molecule has 6 heteroatoms. The number of halogens is 1.